The molecule has 4 fully saturated rings. The second kappa shape index (κ2) is 11.6. The summed E-state index contributed by atoms with van der Waals surface area (Å²) in [5, 5.41) is 18.1. The third-order valence-corrected chi connectivity index (χ3v) is 8.25. The van der Waals surface area contributed by atoms with Crippen LogP contribution in [0.5, 0.6) is 0 Å². The molecule has 3 aliphatic carbocycles. The molecule has 0 aromatic heterocycles. The van der Waals surface area contributed by atoms with E-state index >= 15 is 0 Å². The van der Waals surface area contributed by atoms with Gasteiger partial charge in [0.25, 0.3) is 0 Å². The minimum Gasteiger partial charge on any atom is -0.480 e. The molecule has 5 unspecified atom stereocenters. The molecular formula is C25H41NO6. The van der Waals surface area contributed by atoms with Gasteiger partial charge in [-0.3, -0.25) is 14.5 Å². The highest BCUT2D eigenvalue weighted by molar-refractivity contribution is 5.72. The number of nitrogens with zero attached hydrogens (tertiary/aromatic N) is 1. The monoisotopic (exact) mass is 451 g/mol. The van der Waals surface area contributed by atoms with Crippen LogP contribution < -0.4 is 0 Å². The zero-order chi connectivity index (χ0) is 23.1. The predicted molar refractivity (Wildman–Crippen MR) is 121 cm³/mol. The molecule has 5 atom stereocenters. The summed E-state index contributed by atoms with van der Waals surface area (Å²) in [6.07, 6.45) is 12.6. The molecule has 0 aromatic rings. The van der Waals surface area contributed by atoms with Crippen LogP contribution in [0.3, 0.4) is 0 Å². The van der Waals surface area contributed by atoms with Crippen LogP contribution in [0.1, 0.15) is 71.1 Å². The smallest absolute Gasteiger partial charge is 0.317 e. The molecule has 1 heterocycles. The van der Waals surface area contributed by atoms with Gasteiger partial charge in [0.2, 0.25) is 0 Å². The van der Waals surface area contributed by atoms with Crippen molar-refractivity contribution in [3.8, 4) is 0 Å². The second-order valence-electron chi connectivity index (χ2n) is 10.3. The van der Waals surface area contributed by atoms with E-state index in [0.29, 0.717) is 25.2 Å². The zero-order valence-corrected chi connectivity index (χ0v) is 19.6. The van der Waals surface area contributed by atoms with E-state index in [0.717, 1.165) is 38.7 Å². The summed E-state index contributed by atoms with van der Waals surface area (Å²) in [4.78, 5) is 23.7. The van der Waals surface area contributed by atoms with Crippen LogP contribution in [-0.4, -0.2) is 66.2 Å². The lowest BCUT2D eigenvalue weighted by molar-refractivity contribution is -0.218. The maximum atomic E-state index is 11.1. The van der Waals surface area contributed by atoms with E-state index < -0.39 is 11.9 Å². The van der Waals surface area contributed by atoms with E-state index in [9.17, 15) is 9.59 Å². The van der Waals surface area contributed by atoms with E-state index in [2.05, 4.69) is 13.5 Å². The molecule has 0 spiro atoms. The molecule has 7 heteroatoms. The third kappa shape index (κ3) is 6.33. The van der Waals surface area contributed by atoms with Gasteiger partial charge in [0, 0.05) is 5.92 Å². The molecule has 0 amide bonds. The van der Waals surface area contributed by atoms with Gasteiger partial charge < -0.3 is 19.7 Å². The van der Waals surface area contributed by atoms with E-state index in [-0.39, 0.29) is 30.5 Å². The summed E-state index contributed by atoms with van der Waals surface area (Å²) in [6.45, 7) is 7.73. The van der Waals surface area contributed by atoms with Gasteiger partial charge in [0.1, 0.15) is 6.79 Å². The molecule has 4 rings (SSSR count). The Morgan fingerprint density at radius 1 is 1.09 bits per heavy atom. The van der Waals surface area contributed by atoms with Gasteiger partial charge in [-0.05, 0) is 55.9 Å². The summed E-state index contributed by atoms with van der Waals surface area (Å²) < 4.78 is 11.4. The molecule has 1 aliphatic heterocycles. The van der Waals surface area contributed by atoms with Crippen LogP contribution in [0.4, 0.5) is 0 Å². The van der Waals surface area contributed by atoms with Crippen molar-refractivity contribution in [2.24, 2.45) is 23.2 Å². The Kier molecular flexibility index (Phi) is 9.14. The number of fused-ring (bicyclic) bond motifs is 3. The number of ether oxygens (including phenoxy) is 2. The Balaban J connectivity index is 0.000000509. The molecule has 32 heavy (non-hydrogen) atoms. The summed E-state index contributed by atoms with van der Waals surface area (Å²) >= 11 is 0. The first kappa shape index (κ1) is 25.2. The van der Waals surface area contributed by atoms with Crippen molar-refractivity contribution >= 4 is 11.9 Å². The Labute approximate surface area is 192 Å². The maximum Gasteiger partial charge on any atom is 0.317 e. The standard InChI is InChI=1S/C20H31NO6.C5H10/c1-13-3-4-16-14-11-26-12-27-17(14)5-7-20(16,2)15(13)6-8-21(9-18(22)23)10-19(24)25;1-2-4-5-3-1/h14-17H,1,3-12H2,2H3,(H,22,23)(H,24,25);1-5H2. The summed E-state index contributed by atoms with van der Waals surface area (Å²) in [6, 6.07) is 0. The number of carboxylic acid groups (broad SMARTS) is 2. The molecule has 1 saturated heterocycles. The maximum absolute atomic E-state index is 11.1. The lowest BCUT2D eigenvalue weighted by atomic mass is 9.50. The van der Waals surface area contributed by atoms with E-state index in [1.54, 1.807) is 0 Å². The highest BCUT2D eigenvalue weighted by atomic mass is 16.7. The van der Waals surface area contributed by atoms with Gasteiger partial charge >= 0.3 is 11.9 Å². The summed E-state index contributed by atoms with van der Waals surface area (Å²) in [5.74, 6) is -0.828. The molecule has 0 aromatic carbocycles. The molecule has 7 nitrogen and oxygen atoms in total. The Morgan fingerprint density at radius 3 is 2.31 bits per heavy atom. The van der Waals surface area contributed by atoms with E-state index in [4.69, 9.17) is 19.7 Å². The second-order valence-corrected chi connectivity index (χ2v) is 10.3. The lowest BCUT2D eigenvalue weighted by Gasteiger charge is -2.57. The number of hydrogen-bond donors (Lipinski definition) is 2. The number of rotatable bonds is 7. The van der Waals surface area contributed by atoms with E-state index in [1.165, 1.54) is 42.6 Å². The van der Waals surface area contributed by atoms with E-state index in [1.807, 2.05) is 0 Å². The van der Waals surface area contributed by atoms with Crippen LogP contribution >= 0.6 is 0 Å². The molecule has 0 radical (unpaired) electrons. The molecular weight excluding hydrogens is 410 g/mol. The third-order valence-electron chi connectivity index (χ3n) is 8.25. The van der Waals surface area contributed by atoms with Crippen molar-refractivity contribution in [2.75, 3.05) is 33.0 Å². The number of allylic oxidation sites excluding steroid dienone is 1. The minimum absolute atomic E-state index is 0.0820. The molecule has 3 saturated carbocycles. The lowest BCUT2D eigenvalue weighted by Crippen LogP contribution is -2.54. The fraction of sp³-hybridized carbons (Fsp3) is 0.840. The van der Waals surface area contributed by atoms with Gasteiger partial charge in [-0.15, -0.1) is 0 Å². The first-order valence-electron chi connectivity index (χ1n) is 12.3. The number of carbonyl (C=O) groups is 2. The first-order valence-corrected chi connectivity index (χ1v) is 12.3. The molecule has 4 aliphatic rings. The van der Waals surface area contributed by atoms with Crippen LogP contribution in [0.2, 0.25) is 0 Å². The van der Waals surface area contributed by atoms with Crippen LogP contribution in [0.15, 0.2) is 12.2 Å². The fourth-order valence-electron chi connectivity index (χ4n) is 6.63. The Morgan fingerprint density at radius 2 is 1.72 bits per heavy atom. The highest BCUT2D eigenvalue weighted by Crippen LogP contribution is 2.58. The average molecular weight is 452 g/mol. The Bertz CT molecular complexity index is 639. The topological polar surface area (TPSA) is 96.3 Å². The summed E-state index contributed by atoms with van der Waals surface area (Å²) in [7, 11) is 0. The molecule has 2 N–H and O–H groups in total. The van der Waals surface area contributed by atoms with Gasteiger partial charge in [0.05, 0.1) is 25.8 Å². The Hall–Kier alpha value is -1.44. The van der Waals surface area contributed by atoms with Crippen LogP contribution in [0.25, 0.3) is 0 Å². The van der Waals surface area contributed by atoms with Crippen molar-refractivity contribution < 1.29 is 29.3 Å². The van der Waals surface area contributed by atoms with Crippen LogP contribution in [0, 0.1) is 23.2 Å². The average Bonchev–Trinajstić information content (AvgIpc) is 3.32. The van der Waals surface area contributed by atoms with Crippen molar-refractivity contribution in [1.82, 2.24) is 4.90 Å². The van der Waals surface area contributed by atoms with Gasteiger partial charge in [0.15, 0.2) is 0 Å². The zero-order valence-electron chi connectivity index (χ0n) is 19.6. The SMILES string of the molecule is C1CCCC1.C=C1CCC2C3COCOC3CCC2(C)C1CCN(CC(=O)O)CC(=O)O. The summed E-state index contributed by atoms with van der Waals surface area (Å²) in [5.41, 5.74) is 1.30. The normalized spacial score (nSPS) is 34.2. The van der Waals surface area contributed by atoms with Crippen molar-refractivity contribution in [2.45, 2.75) is 77.2 Å². The molecule has 182 valence electrons. The molecule has 0 bridgehead atoms. The van der Waals surface area contributed by atoms with Gasteiger partial charge in [-0.1, -0.05) is 51.2 Å². The van der Waals surface area contributed by atoms with Crippen molar-refractivity contribution in [3.63, 3.8) is 0 Å². The van der Waals surface area contributed by atoms with Crippen LogP contribution in [-0.2, 0) is 19.1 Å². The highest BCUT2D eigenvalue weighted by Gasteiger charge is 2.53. The fourth-order valence-corrected chi connectivity index (χ4v) is 6.63. The minimum atomic E-state index is -1.00. The number of aliphatic carboxylic acids is 2. The quantitative estimate of drug-likeness (QED) is 0.561. The largest absolute Gasteiger partial charge is 0.480 e. The number of carboxylic acids is 2. The first-order chi connectivity index (χ1) is 15.3. The van der Waals surface area contributed by atoms with Gasteiger partial charge in [-0.2, -0.15) is 0 Å². The van der Waals surface area contributed by atoms with Crippen molar-refractivity contribution in [1.29, 1.82) is 0 Å². The van der Waals surface area contributed by atoms with Crippen molar-refractivity contribution in [3.05, 3.63) is 12.2 Å². The number of hydrogen-bond acceptors (Lipinski definition) is 5. The van der Waals surface area contributed by atoms with Gasteiger partial charge in [-0.25, -0.2) is 0 Å². The predicted octanol–water partition coefficient (Wildman–Crippen LogP) is 4.17.